The van der Waals surface area contributed by atoms with E-state index in [0.29, 0.717) is 34.2 Å². The van der Waals surface area contributed by atoms with Crippen LogP contribution in [0, 0.1) is 12.9 Å². The summed E-state index contributed by atoms with van der Waals surface area (Å²) < 4.78 is 14.9. The number of carbonyl (C=O) groups is 1. The van der Waals surface area contributed by atoms with Crippen LogP contribution < -0.4 is 10.6 Å². The summed E-state index contributed by atoms with van der Waals surface area (Å²) >= 11 is 0. The summed E-state index contributed by atoms with van der Waals surface area (Å²) in [6.45, 7) is 1.91. The van der Waals surface area contributed by atoms with Gasteiger partial charge in [-0.2, -0.15) is 4.98 Å². The molecule has 0 radical (unpaired) electrons. The molecule has 10 heteroatoms. The second kappa shape index (κ2) is 9.56. The van der Waals surface area contributed by atoms with E-state index in [2.05, 4.69) is 49.6 Å². The molecule has 4 heterocycles. The first-order chi connectivity index (χ1) is 16.5. The maximum atomic E-state index is 14.9. The van der Waals surface area contributed by atoms with Crippen molar-refractivity contribution < 1.29 is 9.18 Å². The van der Waals surface area contributed by atoms with Crippen LogP contribution in [-0.4, -0.2) is 50.9 Å². The van der Waals surface area contributed by atoms with Gasteiger partial charge in [0, 0.05) is 40.5 Å². The van der Waals surface area contributed by atoms with Crippen molar-refractivity contribution in [3.05, 3.63) is 72.8 Å². The van der Waals surface area contributed by atoms with Crippen LogP contribution in [0.4, 0.5) is 16.2 Å². The molecule has 1 amide bonds. The number of H-pyrrole nitrogens is 1. The molecule has 0 bridgehead atoms. The number of likely N-dealkylation sites (tertiary alicyclic amines) is 1. The smallest absolute Gasteiger partial charge is 0.230 e. The molecule has 0 unspecified atom stereocenters. The van der Waals surface area contributed by atoms with Gasteiger partial charge >= 0.3 is 0 Å². The molecule has 1 aliphatic rings. The number of piperidine rings is 1. The number of pyridine rings is 1. The van der Waals surface area contributed by atoms with Gasteiger partial charge in [-0.3, -0.25) is 11.8 Å². The Hall–Kier alpha value is -4.85. The van der Waals surface area contributed by atoms with Crippen LogP contribution in [0.25, 0.3) is 22.3 Å². The first-order valence-electron chi connectivity index (χ1n) is 11.2. The third-order valence-electron chi connectivity index (χ3n) is 6.28. The Morgan fingerprint density at radius 2 is 1.91 bits per heavy atom. The van der Waals surface area contributed by atoms with Gasteiger partial charge < -0.3 is 20.5 Å². The van der Waals surface area contributed by atoms with E-state index in [1.54, 1.807) is 24.5 Å². The number of fused-ring (bicyclic) bond motifs is 1. The molecule has 5 rings (SSSR count). The van der Waals surface area contributed by atoms with Gasteiger partial charge in [0.25, 0.3) is 0 Å². The Bertz CT molecular complexity index is 1330. The van der Waals surface area contributed by atoms with Gasteiger partial charge in [0.1, 0.15) is 17.3 Å². The van der Waals surface area contributed by atoms with Gasteiger partial charge in [-0.15, -0.1) is 0 Å². The first kappa shape index (κ1) is 23.3. The Kier molecular flexibility index (Phi) is 6.37. The van der Waals surface area contributed by atoms with Crippen LogP contribution in [0.1, 0.15) is 34.7 Å². The zero-order chi connectivity index (χ0) is 23.7. The van der Waals surface area contributed by atoms with Crippen LogP contribution in [0.15, 0.2) is 48.8 Å². The summed E-state index contributed by atoms with van der Waals surface area (Å²) in [6.07, 6.45) is 5.25. The maximum Gasteiger partial charge on any atom is 0.230 e. The van der Waals surface area contributed by atoms with E-state index in [1.165, 1.54) is 6.07 Å². The fourth-order valence-corrected chi connectivity index (χ4v) is 4.34. The van der Waals surface area contributed by atoms with Crippen molar-refractivity contribution in [3.63, 3.8) is 0 Å². The molecule has 0 saturated carbocycles. The maximum absolute atomic E-state index is 14.9. The number of carbonyl (C=O) groups excluding carboxylic acids is 1. The molecule has 0 atom stereocenters. The minimum absolute atomic E-state index is 0. The molecule has 1 fully saturated rings. The van der Waals surface area contributed by atoms with Gasteiger partial charge in [0.2, 0.25) is 11.9 Å². The average Bonchev–Trinajstić information content (AvgIpc) is 3.33. The minimum atomic E-state index is -0.271. The molecule has 182 valence electrons. The summed E-state index contributed by atoms with van der Waals surface area (Å²) in [5.41, 5.74) is 3.29. The molecule has 3 N–H and O–H groups in total. The summed E-state index contributed by atoms with van der Waals surface area (Å²) in [4.78, 5) is 30.8. The van der Waals surface area contributed by atoms with Crippen LogP contribution in [0.2, 0.25) is 0 Å². The predicted octanol–water partition coefficient (Wildman–Crippen LogP) is 4.23. The fourth-order valence-electron chi connectivity index (χ4n) is 4.34. The van der Waals surface area contributed by atoms with Crippen LogP contribution in [-0.2, 0) is 0 Å². The molecule has 35 heavy (non-hydrogen) atoms. The van der Waals surface area contributed by atoms with Crippen LogP contribution in [0.3, 0.4) is 0 Å². The predicted molar refractivity (Wildman–Crippen MR) is 129 cm³/mol. The van der Waals surface area contributed by atoms with Crippen molar-refractivity contribution in [2.24, 2.45) is 0 Å². The third-order valence-corrected chi connectivity index (χ3v) is 6.28. The first-order valence-corrected chi connectivity index (χ1v) is 11.2. The Morgan fingerprint density at radius 3 is 2.60 bits per heavy atom. The molecule has 8 nitrogen and oxygen atoms in total. The van der Waals surface area contributed by atoms with Crippen molar-refractivity contribution in [3.8, 4) is 11.3 Å². The average molecular weight is 706 g/mol. The molecular weight excluding hydrogens is 680 g/mol. The topological polar surface area (TPSA) is 98.8 Å². The SMILES string of the molecule is [CH2-]NC(=O)c1ccc(-c2nc(Nc3cc(F)c(C4CCN(C)CC4)cn3)nc3[nH]ccc23)cc1.[Cm]. The molecule has 1 saturated heterocycles. The number of aromatic nitrogens is 4. The summed E-state index contributed by atoms with van der Waals surface area (Å²) in [5.74, 6) is 0.286. The summed E-state index contributed by atoms with van der Waals surface area (Å²) in [7, 11) is 5.49. The molecule has 1 aromatic carbocycles. The van der Waals surface area contributed by atoms with Crippen molar-refractivity contribution in [1.29, 1.82) is 0 Å². The van der Waals surface area contributed by atoms with E-state index < -0.39 is 0 Å². The number of halogens is 1. The number of aromatic amines is 1. The van der Waals surface area contributed by atoms with E-state index in [1.807, 2.05) is 18.2 Å². The zero-order valence-corrected chi connectivity index (χ0v) is 22.1. The molecule has 4 aromatic rings. The van der Waals surface area contributed by atoms with Gasteiger partial charge in [0.15, 0.2) is 0 Å². The van der Waals surface area contributed by atoms with Crippen LogP contribution in [0.5, 0.6) is 0 Å². The zero-order valence-electron chi connectivity index (χ0n) is 19.2. The Balaban J connectivity index is 0.00000289. The molecule has 3 aromatic heterocycles. The van der Waals surface area contributed by atoms with E-state index in [-0.39, 0.29) is 17.6 Å². The number of nitrogens with zero attached hydrogens (tertiary/aromatic N) is 4. The standard InChI is InChI=1S/C25H25FN7O.Cm/c1-27-24(34)17-5-3-16(4-6-17)22-18-7-10-28-23(18)32-25(31-22)30-21-13-20(26)19(14-29-21)15-8-11-33(2)12-9-15;/h3-7,10,13-15H,1,8-9,11-12H2,2H3,(H,27,34)(H2,28,29,30,31,32);/q-1;. The number of amides is 1. The number of nitrogens with one attached hydrogen (secondary N) is 3. The normalized spacial score (nSPS) is 14.5. The monoisotopic (exact) mass is 701 g/mol. The van der Waals surface area contributed by atoms with Crippen molar-refractivity contribution in [2.75, 3.05) is 25.5 Å². The minimum Gasteiger partial charge on any atom is -0.504 e. The number of anilines is 2. The number of rotatable bonds is 5. The quantitative estimate of drug-likeness (QED) is 0.269. The van der Waals surface area contributed by atoms with E-state index in [9.17, 15) is 9.18 Å². The van der Waals surface area contributed by atoms with Gasteiger partial charge in [-0.05, 0) is 57.1 Å². The Morgan fingerprint density at radius 1 is 1.17 bits per heavy atom. The van der Waals surface area contributed by atoms with Gasteiger partial charge in [-0.25, -0.2) is 14.4 Å². The fraction of sp³-hybridized carbons (Fsp3) is 0.240. The number of hydrogen-bond acceptors (Lipinski definition) is 6. The van der Waals surface area contributed by atoms with E-state index in [4.69, 9.17) is 0 Å². The number of benzene rings is 1. The van der Waals surface area contributed by atoms with Crippen LogP contribution >= 0.6 is 0 Å². The van der Waals surface area contributed by atoms with E-state index in [0.717, 1.165) is 36.9 Å². The van der Waals surface area contributed by atoms with E-state index >= 15 is 0 Å². The van der Waals surface area contributed by atoms with Crippen molar-refractivity contribution in [1.82, 2.24) is 30.2 Å². The summed E-state index contributed by atoms with van der Waals surface area (Å²) in [6, 6.07) is 10.3. The molecule has 0 aliphatic carbocycles. The third kappa shape index (κ3) is 4.63. The van der Waals surface area contributed by atoms with Crippen molar-refractivity contribution in [2.45, 2.75) is 18.8 Å². The second-order valence-corrected chi connectivity index (χ2v) is 8.51. The number of hydrogen-bond donors (Lipinski definition) is 3. The largest absolute Gasteiger partial charge is 0.504 e. The second-order valence-electron chi connectivity index (χ2n) is 8.51. The molecular formula is C25H25CmFN7O-. The van der Waals surface area contributed by atoms with Crippen molar-refractivity contribution >= 4 is 28.7 Å². The molecule has 1 aliphatic heterocycles. The Labute approximate surface area is 196 Å². The summed E-state index contributed by atoms with van der Waals surface area (Å²) in [5, 5.41) is 6.23. The van der Waals surface area contributed by atoms with Gasteiger partial charge in [0.05, 0.1) is 5.69 Å². The molecule has 0 spiro atoms. The van der Waals surface area contributed by atoms with Gasteiger partial charge in [-0.1, -0.05) is 12.1 Å².